The molecule has 0 radical (unpaired) electrons. The van der Waals surface area contributed by atoms with Crippen molar-refractivity contribution in [2.45, 2.75) is 0 Å². The number of hydrogen-bond donors (Lipinski definition) is 0. The van der Waals surface area contributed by atoms with Crippen molar-refractivity contribution in [3.05, 3.63) is 200 Å². The van der Waals surface area contributed by atoms with Crippen molar-refractivity contribution in [2.24, 2.45) is 0 Å². The van der Waals surface area contributed by atoms with Crippen LogP contribution in [0.1, 0.15) is 0 Å². The van der Waals surface area contributed by atoms with E-state index in [9.17, 15) is 0 Å². The molecule has 55 heavy (non-hydrogen) atoms. The van der Waals surface area contributed by atoms with Gasteiger partial charge in [-0.05, 0) is 87.9 Å². The Labute approximate surface area is 318 Å². The van der Waals surface area contributed by atoms with E-state index in [1.54, 1.807) is 0 Å². The fraction of sp³-hybridized carbons (Fsp3) is 0. The highest BCUT2D eigenvalue weighted by atomic mass is 15.0. The molecular formula is C52H33N3. The van der Waals surface area contributed by atoms with Gasteiger partial charge in [0, 0.05) is 38.4 Å². The summed E-state index contributed by atoms with van der Waals surface area (Å²) in [6, 6.07) is 71.4. The van der Waals surface area contributed by atoms with Crippen molar-refractivity contribution in [3.8, 4) is 61.8 Å². The van der Waals surface area contributed by atoms with Crippen LogP contribution in [0.2, 0.25) is 0 Å². The molecule has 0 atom stereocenters. The highest BCUT2D eigenvalue weighted by molar-refractivity contribution is 6.24. The van der Waals surface area contributed by atoms with Crippen LogP contribution in [0, 0.1) is 0 Å². The third-order valence-corrected chi connectivity index (χ3v) is 10.9. The largest absolute Gasteiger partial charge is 0.309 e. The van der Waals surface area contributed by atoms with Crippen LogP contribution in [0.25, 0.3) is 105 Å². The monoisotopic (exact) mass is 699 g/mol. The van der Waals surface area contributed by atoms with E-state index in [0.29, 0.717) is 0 Å². The predicted molar refractivity (Wildman–Crippen MR) is 230 cm³/mol. The molecule has 3 aromatic heterocycles. The van der Waals surface area contributed by atoms with Crippen LogP contribution < -0.4 is 0 Å². The molecule has 0 aliphatic heterocycles. The van der Waals surface area contributed by atoms with Crippen molar-refractivity contribution in [1.82, 2.24) is 14.5 Å². The number of nitrogens with zero attached hydrogens (tertiary/aromatic N) is 3. The first kappa shape index (κ1) is 31.2. The van der Waals surface area contributed by atoms with E-state index in [0.717, 1.165) is 56.2 Å². The molecule has 3 heterocycles. The Bertz CT molecular complexity index is 3030. The number of fused-ring (bicyclic) bond motifs is 1. The summed E-state index contributed by atoms with van der Waals surface area (Å²) in [6.45, 7) is 0. The molecule has 3 heteroatoms. The van der Waals surface area contributed by atoms with Gasteiger partial charge in [-0.2, -0.15) is 0 Å². The SMILES string of the molecule is c1ccc(-c2cccc(-c3cc(-c4cccc(-c5ccccc5)n4)cc(-c4ccc(-n5c6cccc7ccc8cccc5c8c76)c5ccccc45)c3)n2)cc1. The Morgan fingerprint density at radius 2 is 0.764 bits per heavy atom. The highest BCUT2D eigenvalue weighted by Gasteiger charge is 2.19. The van der Waals surface area contributed by atoms with Gasteiger partial charge in [0.05, 0.1) is 39.5 Å². The first-order valence-electron chi connectivity index (χ1n) is 18.7. The molecule has 0 N–H and O–H groups in total. The molecule has 0 saturated heterocycles. The molecule has 0 amide bonds. The van der Waals surface area contributed by atoms with Gasteiger partial charge in [-0.25, -0.2) is 9.97 Å². The first-order valence-corrected chi connectivity index (χ1v) is 18.7. The Morgan fingerprint density at radius 3 is 1.31 bits per heavy atom. The molecule has 0 spiro atoms. The van der Waals surface area contributed by atoms with E-state index >= 15 is 0 Å². The van der Waals surface area contributed by atoms with Crippen LogP contribution in [-0.2, 0) is 0 Å². The van der Waals surface area contributed by atoms with Gasteiger partial charge in [0.25, 0.3) is 0 Å². The molecule has 0 saturated carbocycles. The number of benzene rings is 8. The van der Waals surface area contributed by atoms with Gasteiger partial charge in [0.1, 0.15) is 0 Å². The van der Waals surface area contributed by atoms with Crippen molar-refractivity contribution in [1.29, 1.82) is 0 Å². The lowest BCUT2D eigenvalue weighted by Gasteiger charge is -2.16. The molecule has 11 aromatic rings. The molecule has 0 aliphatic rings. The Balaban J connectivity index is 1.13. The average molecular weight is 700 g/mol. The number of hydrogen-bond acceptors (Lipinski definition) is 2. The van der Waals surface area contributed by atoms with Crippen molar-refractivity contribution < 1.29 is 0 Å². The second-order valence-corrected chi connectivity index (χ2v) is 14.2. The molecule has 256 valence electrons. The average Bonchev–Trinajstić information content (AvgIpc) is 3.61. The predicted octanol–water partition coefficient (Wildman–Crippen LogP) is 13.7. The van der Waals surface area contributed by atoms with Gasteiger partial charge >= 0.3 is 0 Å². The van der Waals surface area contributed by atoms with Gasteiger partial charge in [0.2, 0.25) is 0 Å². The smallest absolute Gasteiger partial charge is 0.0709 e. The Morgan fingerprint density at radius 1 is 0.309 bits per heavy atom. The van der Waals surface area contributed by atoms with E-state index in [2.05, 4.69) is 193 Å². The lowest BCUT2D eigenvalue weighted by Crippen LogP contribution is -1.97. The molecule has 0 bridgehead atoms. The quantitative estimate of drug-likeness (QED) is 0.162. The maximum atomic E-state index is 5.21. The van der Waals surface area contributed by atoms with E-state index < -0.39 is 0 Å². The van der Waals surface area contributed by atoms with Crippen LogP contribution >= 0.6 is 0 Å². The summed E-state index contributed by atoms with van der Waals surface area (Å²) in [5.74, 6) is 0. The number of aromatic nitrogens is 3. The van der Waals surface area contributed by atoms with E-state index in [4.69, 9.17) is 9.97 Å². The van der Waals surface area contributed by atoms with Crippen LogP contribution in [0.4, 0.5) is 0 Å². The van der Waals surface area contributed by atoms with E-state index in [1.807, 2.05) is 12.1 Å². The summed E-state index contributed by atoms with van der Waals surface area (Å²) in [7, 11) is 0. The van der Waals surface area contributed by atoms with Crippen LogP contribution in [0.5, 0.6) is 0 Å². The molecule has 0 aliphatic carbocycles. The fourth-order valence-electron chi connectivity index (χ4n) is 8.42. The summed E-state index contributed by atoms with van der Waals surface area (Å²) in [4.78, 5) is 10.4. The van der Waals surface area contributed by atoms with Crippen molar-refractivity contribution in [2.75, 3.05) is 0 Å². The van der Waals surface area contributed by atoms with Crippen molar-refractivity contribution in [3.63, 3.8) is 0 Å². The third kappa shape index (κ3) is 5.20. The van der Waals surface area contributed by atoms with Crippen LogP contribution in [0.15, 0.2) is 200 Å². The van der Waals surface area contributed by atoms with Crippen molar-refractivity contribution >= 4 is 43.4 Å². The molecule has 0 unspecified atom stereocenters. The molecule has 8 aromatic carbocycles. The second-order valence-electron chi connectivity index (χ2n) is 14.2. The normalized spacial score (nSPS) is 11.6. The maximum Gasteiger partial charge on any atom is 0.0709 e. The fourth-order valence-corrected chi connectivity index (χ4v) is 8.42. The summed E-state index contributed by atoms with van der Waals surface area (Å²) in [5, 5.41) is 7.55. The molecule has 3 nitrogen and oxygen atoms in total. The van der Waals surface area contributed by atoms with Gasteiger partial charge in [0.15, 0.2) is 0 Å². The zero-order chi connectivity index (χ0) is 36.3. The summed E-state index contributed by atoms with van der Waals surface area (Å²) >= 11 is 0. The standard InChI is InChI=1S/C52H33N3/c1-3-13-34(14-4-1)44-21-11-23-46(53-44)39-31-38(32-40(33-39)47-24-12-22-45(54-47)35-15-5-2-6-16-35)41-29-30-48(43-20-8-7-19-42(41)43)55-49-25-9-17-36-27-28-37-18-10-26-50(55)52(37)51(36)49/h1-33H. The van der Waals surface area contributed by atoms with Crippen LogP contribution in [-0.4, -0.2) is 14.5 Å². The zero-order valence-corrected chi connectivity index (χ0v) is 29.9. The summed E-state index contributed by atoms with van der Waals surface area (Å²) < 4.78 is 2.45. The molecule has 0 fully saturated rings. The van der Waals surface area contributed by atoms with E-state index in [1.165, 1.54) is 49.0 Å². The lowest BCUT2D eigenvalue weighted by molar-refractivity contribution is 1.20. The van der Waals surface area contributed by atoms with E-state index in [-0.39, 0.29) is 0 Å². The number of rotatable bonds is 6. The topological polar surface area (TPSA) is 30.7 Å². The summed E-state index contributed by atoms with van der Waals surface area (Å²) in [5.41, 5.74) is 13.9. The van der Waals surface area contributed by atoms with Gasteiger partial charge in [-0.1, -0.05) is 140 Å². The third-order valence-electron chi connectivity index (χ3n) is 10.9. The maximum absolute atomic E-state index is 5.21. The minimum atomic E-state index is 0.917. The van der Waals surface area contributed by atoms with Crippen LogP contribution in [0.3, 0.4) is 0 Å². The summed E-state index contributed by atoms with van der Waals surface area (Å²) in [6.07, 6.45) is 0. The zero-order valence-electron chi connectivity index (χ0n) is 29.9. The van der Waals surface area contributed by atoms with Gasteiger partial charge in [-0.3, -0.25) is 0 Å². The molecule has 11 rings (SSSR count). The number of pyridine rings is 2. The first-order chi connectivity index (χ1) is 27.3. The Kier molecular flexibility index (Phi) is 7.17. The minimum Gasteiger partial charge on any atom is -0.309 e. The van der Waals surface area contributed by atoms with Gasteiger partial charge < -0.3 is 4.57 Å². The second kappa shape index (κ2) is 12.6. The lowest BCUT2D eigenvalue weighted by atomic mass is 9.92. The van der Waals surface area contributed by atoms with Gasteiger partial charge in [-0.15, -0.1) is 0 Å². The Hall–Kier alpha value is -7.36. The molecular weight excluding hydrogens is 667 g/mol. The highest BCUT2D eigenvalue weighted by Crippen LogP contribution is 2.42. The minimum absolute atomic E-state index is 0.917.